The van der Waals surface area contributed by atoms with Gasteiger partial charge in [-0.2, -0.15) is 0 Å². The van der Waals surface area contributed by atoms with E-state index >= 15 is 0 Å². The summed E-state index contributed by atoms with van der Waals surface area (Å²) >= 11 is 0. The fourth-order valence-corrected chi connectivity index (χ4v) is 1.90. The van der Waals surface area contributed by atoms with Crippen LogP contribution in [0, 0.1) is 0 Å². The molecule has 0 radical (unpaired) electrons. The van der Waals surface area contributed by atoms with E-state index in [0.717, 1.165) is 25.4 Å². The third-order valence-electron chi connectivity index (χ3n) is 2.85. The average molecular weight is 237 g/mol. The molecule has 1 unspecified atom stereocenters. The van der Waals surface area contributed by atoms with Crippen molar-refractivity contribution >= 4 is 0 Å². The molecule has 1 atom stereocenters. The van der Waals surface area contributed by atoms with E-state index in [-0.39, 0.29) is 12.7 Å². The molecule has 1 N–H and O–H groups in total. The molecule has 4 heteroatoms. The van der Waals surface area contributed by atoms with Gasteiger partial charge < -0.3 is 14.6 Å². The van der Waals surface area contributed by atoms with Gasteiger partial charge in [-0.1, -0.05) is 18.2 Å². The van der Waals surface area contributed by atoms with Gasteiger partial charge in [0, 0.05) is 19.6 Å². The summed E-state index contributed by atoms with van der Waals surface area (Å²) in [6.07, 6.45) is -0.0412. The number of aliphatic hydroxyl groups is 1. The topological polar surface area (TPSA) is 41.9 Å². The van der Waals surface area contributed by atoms with Gasteiger partial charge in [-0.05, 0) is 12.1 Å². The highest BCUT2D eigenvalue weighted by molar-refractivity contribution is 5.20. The normalized spacial score (nSPS) is 21.4. The van der Waals surface area contributed by atoms with Gasteiger partial charge in [-0.15, -0.1) is 0 Å². The lowest BCUT2D eigenvalue weighted by Gasteiger charge is -2.31. The van der Waals surface area contributed by atoms with E-state index < -0.39 is 0 Å². The largest absolute Gasteiger partial charge is 0.492 e. The lowest BCUT2D eigenvalue weighted by molar-refractivity contribution is -0.0547. The van der Waals surface area contributed by atoms with E-state index in [4.69, 9.17) is 14.6 Å². The number of morpholine rings is 1. The van der Waals surface area contributed by atoms with Crippen LogP contribution in [-0.2, 0) is 4.74 Å². The molecule has 1 aromatic rings. The molecule has 1 heterocycles. The van der Waals surface area contributed by atoms with Gasteiger partial charge in [-0.3, -0.25) is 4.90 Å². The van der Waals surface area contributed by atoms with Crippen molar-refractivity contribution in [1.82, 2.24) is 4.90 Å². The smallest absolute Gasteiger partial charge is 0.119 e. The molecule has 0 saturated carbocycles. The Balaban J connectivity index is 1.68. The third kappa shape index (κ3) is 4.00. The van der Waals surface area contributed by atoms with Crippen molar-refractivity contribution in [2.24, 2.45) is 0 Å². The van der Waals surface area contributed by atoms with Crippen LogP contribution >= 0.6 is 0 Å². The Morgan fingerprint density at radius 1 is 1.35 bits per heavy atom. The number of aliphatic hydroxyl groups excluding tert-OH is 1. The number of para-hydroxylation sites is 1. The van der Waals surface area contributed by atoms with E-state index in [1.54, 1.807) is 0 Å². The minimum Gasteiger partial charge on any atom is -0.492 e. The molecular weight excluding hydrogens is 218 g/mol. The Kier molecular flexibility index (Phi) is 4.79. The molecule has 1 saturated heterocycles. The maximum Gasteiger partial charge on any atom is 0.119 e. The van der Waals surface area contributed by atoms with Gasteiger partial charge in [0.1, 0.15) is 12.4 Å². The van der Waals surface area contributed by atoms with Crippen molar-refractivity contribution in [3.63, 3.8) is 0 Å². The second-order valence-electron chi connectivity index (χ2n) is 4.14. The molecule has 1 aromatic carbocycles. The number of benzene rings is 1. The van der Waals surface area contributed by atoms with Crippen LogP contribution in [0.1, 0.15) is 0 Å². The van der Waals surface area contributed by atoms with Crippen LogP contribution in [0.2, 0.25) is 0 Å². The van der Waals surface area contributed by atoms with Crippen molar-refractivity contribution < 1.29 is 14.6 Å². The molecule has 1 aliphatic rings. The second kappa shape index (κ2) is 6.59. The van der Waals surface area contributed by atoms with Gasteiger partial charge in [0.25, 0.3) is 0 Å². The molecule has 1 aliphatic heterocycles. The summed E-state index contributed by atoms with van der Waals surface area (Å²) in [5, 5.41) is 9.03. The van der Waals surface area contributed by atoms with Crippen LogP contribution < -0.4 is 4.74 Å². The fourth-order valence-electron chi connectivity index (χ4n) is 1.90. The summed E-state index contributed by atoms with van der Waals surface area (Å²) < 4.78 is 11.0. The van der Waals surface area contributed by atoms with E-state index in [1.165, 1.54) is 0 Å². The van der Waals surface area contributed by atoms with Crippen LogP contribution in [0.3, 0.4) is 0 Å². The zero-order valence-corrected chi connectivity index (χ0v) is 9.92. The van der Waals surface area contributed by atoms with Crippen LogP contribution in [0.4, 0.5) is 0 Å². The maximum atomic E-state index is 9.03. The number of nitrogens with zero attached hydrogens (tertiary/aromatic N) is 1. The molecular formula is C13H19NO3. The van der Waals surface area contributed by atoms with Gasteiger partial charge >= 0.3 is 0 Å². The predicted molar refractivity (Wildman–Crippen MR) is 65.2 cm³/mol. The minimum absolute atomic E-state index is 0.0412. The van der Waals surface area contributed by atoms with Gasteiger partial charge in [0.15, 0.2) is 0 Å². The summed E-state index contributed by atoms with van der Waals surface area (Å²) in [6, 6.07) is 9.81. The average Bonchev–Trinajstić information content (AvgIpc) is 2.40. The Bertz CT molecular complexity index is 318. The van der Waals surface area contributed by atoms with Crippen LogP contribution in [0.5, 0.6) is 5.75 Å². The zero-order valence-electron chi connectivity index (χ0n) is 9.92. The highest BCUT2D eigenvalue weighted by atomic mass is 16.5. The summed E-state index contributed by atoms with van der Waals surface area (Å²) in [5.74, 6) is 0.902. The molecule has 94 valence electrons. The number of rotatable bonds is 5. The summed E-state index contributed by atoms with van der Waals surface area (Å²) in [6.45, 7) is 4.02. The molecule has 0 bridgehead atoms. The molecule has 4 nitrogen and oxygen atoms in total. The molecule has 0 aromatic heterocycles. The SMILES string of the molecule is OCC1CN(CCOc2ccccc2)CCO1. The Labute approximate surface area is 102 Å². The van der Waals surface area contributed by atoms with Crippen molar-refractivity contribution in [1.29, 1.82) is 0 Å². The summed E-state index contributed by atoms with van der Waals surface area (Å²) in [4.78, 5) is 2.26. The quantitative estimate of drug-likeness (QED) is 0.821. The number of hydrogen-bond acceptors (Lipinski definition) is 4. The first kappa shape index (κ1) is 12.4. The zero-order chi connectivity index (χ0) is 11.9. The van der Waals surface area contributed by atoms with E-state index in [1.807, 2.05) is 30.3 Å². The summed E-state index contributed by atoms with van der Waals surface area (Å²) in [7, 11) is 0. The highest BCUT2D eigenvalue weighted by Gasteiger charge is 2.19. The maximum absolute atomic E-state index is 9.03. The first-order valence-corrected chi connectivity index (χ1v) is 6.01. The Hall–Kier alpha value is -1.10. The Morgan fingerprint density at radius 2 is 2.18 bits per heavy atom. The predicted octanol–water partition coefficient (Wildman–Crippen LogP) is 0.758. The first-order chi connectivity index (χ1) is 8.38. The van der Waals surface area contributed by atoms with Crippen molar-refractivity contribution in [2.75, 3.05) is 39.5 Å². The van der Waals surface area contributed by atoms with E-state index in [9.17, 15) is 0 Å². The molecule has 0 aliphatic carbocycles. The van der Waals surface area contributed by atoms with Gasteiger partial charge in [-0.25, -0.2) is 0 Å². The molecule has 2 rings (SSSR count). The van der Waals surface area contributed by atoms with Crippen LogP contribution in [0.25, 0.3) is 0 Å². The lowest BCUT2D eigenvalue weighted by Crippen LogP contribution is -2.45. The van der Waals surface area contributed by atoms with Crippen molar-refractivity contribution in [3.05, 3.63) is 30.3 Å². The van der Waals surface area contributed by atoms with Crippen molar-refractivity contribution in [3.8, 4) is 5.75 Å². The van der Waals surface area contributed by atoms with E-state index in [2.05, 4.69) is 4.90 Å². The standard InChI is InChI=1S/C13H19NO3/c15-11-13-10-14(7-9-17-13)6-8-16-12-4-2-1-3-5-12/h1-5,13,15H,6-11H2. The number of ether oxygens (including phenoxy) is 2. The number of hydrogen-bond donors (Lipinski definition) is 1. The molecule has 0 spiro atoms. The van der Waals surface area contributed by atoms with Gasteiger partial charge in [0.05, 0.1) is 19.3 Å². The molecule has 1 fully saturated rings. The fraction of sp³-hybridized carbons (Fsp3) is 0.538. The first-order valence-electron chi connectivity index (χ1n) is 6.01. The minimum atomic E-state index is -0.0412. The summed E-state index contributed by atoms with van der Waals surface area (Å²) in [5.41, 5.74) is 0. The van der Waals surface area contributed by atoms with Crippen LogP contribution in [0.15, 0.2) is 30.3 Å². The highest BCUT2D eigenvalue weighted by Crippen LogP contribution is 2.09. The Morgan fingerprint density at radius 3 is 2.94 bits per heavy atom. The van der Waals surface area contributed by atoms with Crippen molar-refractivity contribution in [2.45, 2.75) is 6.10 Å². The monoisotopic (exact) mass is 237 g/mol. The third-order valence-corrected chi connectivity index (χ3v) is 2.85. The molecule has 0 amide bonds. The molecule has 17 heavy (non-hydrogen) atoms. The second-order valence-corrected chi connectivity index (χ2v) is 4.14. The van der Waals surface area contributed by atoms with E-state index in [0.29, 0.717) is 13.2 Å². The van der Waals surface area contributed by atoms with Crippen LogP contribution in [-0.4, -0.2) is 55.6 Å². The van der Waals surface area contributed by atoms with Gasteiger partial charge in [0.2, 0.25) is 0 Å². The lowest BCUT2D eigenvalue weighted by atomic mass is 10.3.